The van der Waals surface area contributed by atoms with E-state index in [0.29, 0.717) is 0 Å². The van der Waals surface area contributed by atoms with Crippen LogP contribution in [0.2, 0.25) is 0 Å². The fraction of sp³-hybridized carbons (Fsp3) is 0.857. The maximum Gasteiger partial charge on any atom is 0.0365 e. The summed E-state index contributed by atoms with van der Waals surface area (Å²) in [5, 5.41) is 3.62. The first-order chi connectivity index (χ1) is 6.99. The number of hydrogen-bond acceptors (Lipinski definition) is 2. The Morgan fingerprint density at radius 3 is 2.19 bits per heavy atom. The molecule has 1 N–H and O–H groups in total. The molecule has 0 unspecified atom stereocenters. The SMILES string of the molecule is C=C(C)C(C)(C)N1CC(C)(C)NCC1(C)C. The van der Waals surface area contributed by atoms with E-state index in [1.54, 1.807) is 0 Å². The first-order valence-corrected chi connectivity index (χ1v) is 6.18. The Kier molecular flexibility index (Phi) is 3.30. The van der Waals surface area contributed by atoms with Crippen LogP contribution in [0.25, 0.3) is 0 Å². The zero-order valence-electron chi connectivity index (χ0n) is 12.1. The highest BCUT2D eigenvalue weighted by Crippen LogP contribution is 2.34. The van der Waals surface area contributed by atoms with E-state index < -0.39 is 0 Å². The van der Waals surface area contributed by atoms with Crippen LogP contribution >= 0.6 is 0 Å². The van der Waals surface area contributed by atoms with Crippen molar-refractivity contribution in [3.05, 3.63) is 12.2 Å². The van der Waals surface area contributed by atoms with Gasteiger partial charge in [-0.15, -0.1) is 0 Å². The second-order valence-corrected chi connectivity index (χ2v) is 6.98. The van der Waals surface area contributed by atoms with Crippen molar-refractivity contribution in [1.29, 1.82) is 0 Å². The molecule has 1 rings (SSSR count). The summed E-state index contributed by atoms with van der Waals surface area (Å²) in [6, 6.07) is 0. The van der Waals surface area contributed by atoms with Gasteiger partial charge in [0.2, 0.25) is 0 Å². The Morgan fingerprint density at radius 2 is 1.75 bits per heavy atom. The van der Waals surface area contributed by atoms with Crippen LogP contribution in [0.4, 0.5) is 0 Å². The molecule has 0 radical (unpaired) electrons. The summed E-state index contributed by atoms with van der Waals surface area (Å²) in [5.41, 5.74) is 1.65. The Hall–Kier alpha value is -0.340. The largest absolute Gasteiger partial charge is 0.309 e. The maximum absolute atomic E-state index is 4.15. The highest BCUT2D eigenvalue weighted by atomic mass is 15.3. The summed E-state index contributed by atoms with van der Waals surface area (Å²) in [5.74, 6) is 0. The van der Waals surface area contributed by atoms with Gasteiger partial charge in [-0.1, -0.05) is 12.2 Å². The van der Waals surface area contributed by atoms with Crippen molar-refractivity contribution in [3.63, 3.8) is 0 Å². The van der Waals surface area contributed by atoms with Crippen molar-refractivity contribution in [2.24, 2.45) is 0 Å². The van der Waals surface area contributed by atoms with Crippen LogP contribution < -0.4 is 5.32 Å². The van der Waals surface area contributed by atoms with Gasteiger partial charge in [-0.3, -0.25) is 4.90 Å². The van der Waals surface area contributed by atoms with Crippen LogP contribution in [-0.4, -0.2) is 34.6 Å². The first-order valence-electron chi connectivity index (χ1n) is 6.18. The number of nitrogens with zero attached hydrogens (tertiary/aromatic N) is 1. The van der Waals surface area contributed by atoms with Gasteiger partial charge in [0.25, 0.3) is 0 Å². The number of nitrogens with one attached hydrogen (secondary N) is 1. The third-order valence-corrected chi connectivity index (χ3v) is 4.00. The molecule has 0 spiro atoms. The van der Waals surface area contributed by atoms with Crippen molar-refractivity contribution in [2.75, 3.05) is 13.1 Å². The molecule has 0 aromatic rings. The maximum atomic E-state index is 4.15. The third-order valence-electron chi connectivity index (χ3n) is 4.00. The molecule has 0 atom stereocenters. The summed E-state index contributed by atoms with van der Waals surface area (Å²) < 4.78 is 0. The second kappa shape index (κ2) is 3.85. The minimum atomic E-state index is 0.0584. The van der Waals surface area contributed by atoms with E-state index in [2.05, 4.69) is 65.3 Å². The molecule has 0 aromatic carbocycles. The summed E-state index contributed by atoms with van der Waals surface area (Å²) in [4.78, 5) is 2.58. The molecule has 2 nitrogen and oxygen atoms in total. The Balaban J connectivity index is 3.03. The monoisotopic (exact) mass is 224 g/mol. The summed E-state index contributed by atoms with van der Waals surface area (Å²) >= 11 is 0. The molecule has 0 saturated carbocycles. The van der Waals surface area contributed by atoms with E-state index in [9.17, 15) is 0 Å². The highest BCUT2D eigenvalue weighted by Gasteiger charge is 2.44. The van der Waals surface area contributed by atoms with Gasteiger partial charge in [0, 0.05) is 29.7 Å². The normalized spacial score (nSPS) is 25.4. The molecule has 1 aliphatic heterocycles. The van der Waals surface area contributed by atoms with Gasteiger partial charge in [-0.2, -0.15) is 0 Å². The molecule has 0 aliphatic carbocycles. The van der Waals surface area contributed by atoms with Gasteiger partial charge in [-0.05, 0) is 48.5 Å². The Bertz CT molecular complexity index is 287. The van der Waals surface area contributed by atoms with Crippen molar-refractivity contribution in [1.82, 2.24) is 10.2 Å². The summed E-state index contributed by atoms with van der Waals surface area (Å²) in [7, 11) is 0. The molecule has 0 aromatic heterocycles. The second-order valence-electron chi connectivity index (χ2n) is 6.98. The lowest BCUT2D eigenvalue weighted by Crippen LogP contribution is -2.70. The van der Waals surface area contributed by atoms with Crippen molar-refractivity contribution in [2.45, 2.75) is 65.1 Å². The lowest BCUT2D eigenvalue weighted by molar-refractivity contribution is -0.0203. The first kappa shape index (κ1) is 13.7. The predicted octanol–water partition coefficient (Wildman–Crippen LogP) is 2.80. The van der Waals surface area contributed by atoms with Gasteiger partial charge in [0.15, 0.2) is 0 Å². The molecule has 94 valence electrons. The minimum Gasteiger partial charge on any atom is -0.309 e. The number of hydrogen-bond donors (Lipinski definition) is 1. The Labute approximate surface area is 101 Å². The average Bonchev–Trinajstić information content (AvgIpc) is 2.09. The molecule has 1 aliphatic rings. The van der Waals surface area contributed by atoms with Gasteiger partial charge in [-0.25, -0.2) is 0 Å². The van der Waals surface area contributed by atoms with E-state index in [4.69, 9.17) is 0 Å². The highest BCUT2D eigenvalue weighted by molar-refractivity contribution is 5.15. The van der Waals surface area contributed by atoms with Crippen LogP contribution in [0.1, 0.15) is 48.5 Å². The zero-order chi connectivity index (χ0) is 12.8. The molecule has 16 heavy (non-hydrogen) atoms. The topological polar surface area (TPSA) is 15.3 Å². The molecular formula is C14H28N2. The number of piperazine rings is 1. The van der Waals surface area contributed by atoms with E-state index in [1.807, 2.05) is 0 Å². The summed E-state index contributed by atoms with van der Waals surface area (Å²) in [6.45, 7) is 22.1. The van der Waals surface area contributed by atoms with Crippen molar-refractivity contribution in [3.8, 4) is 0 Å². The quantitative estimate of drug-likeness (QED) is 0.726. The smallest absolute Gasteiger partial charge is 0.0365 e. The van der Waals surface area contributed by atoms with Gasteiger partial charge in [0.05, 0.1) is 0 Å². The minimum absolute atomic E-state index is 0.0584. The van der Waals surface area contributed by atoms with Gasteiger partial charge < -0.3 is 5.32 Å². The van der Waals surface area contributed by atoms with Crippen molar-refractivity contribution >= 4 is 0 Å². The lowest BCUT2D eigenvalue weighted by Gasteiger charge is -2.56. The van der Waals surface area contributed by atoms with Crippen LogP contribution in [0, 0.1) is 0 Å². The van der Waals surface area contributed by atoms with E-state index >= 15 is 0 Å². The van der Waals surface area contributed by atoms with Crippen molar-refractivity contribution < 1.29 is 0 Å². The molecule has 1 fully saturated rings. The van der Waals surface area contributed by atoms with Crippen LogP contribution in [0.15, 0.2) is 12.2 Å². The third kappa shape index (κ3) is 2.49. The van der Waals surface area contributed by atoms with E-state index in [1.165, 1.54) is 5.57 Å². The fourth-order valence-corrected chi connectivity index (χ4v) is 2.40. The number of rotatable bonds is 2. The molecular weight excluding hydrogens is 196 g/mol. The summed E-state index contributed by atoms with van der Waals surface area (Å²) in [6.07, 6.45) is 0. The van der Waals surface area contributed by atoms with Gasteiger partial charge in [0.1, 0.15) is 0 Å². The average molecular weight is 224 g/mol. The molecule has 0 amide bonds. The van der Waals surface area contributed by atoms with Crippen LogP contribution in [0.5, 0.6) is 0 Å². The predicted molar refractivity (Wildman–Crippen MR) is 71.8 cm³/mol. The standard InChI is InChI=1S/C14H28N2/c1-11(2)14(7,8)16-10-12(3,4)15-9-13(16,5)6/h15H,1,9-10H2,2-8H3. The van der Waals surface area contributed by atoms with E-state index in [-0.39, 0.29) is 16.6 Å². The lowest BCUT2D eigenvalue weighted by atomic mass is 9.83. The van der Waals surface area contributed by atoms with Crippen LogP contribution in [-0.2, 0) is 0 Å². The molecule has 1 heterocycles. The van der Waals surface area contributed by atoms with Gasteiger partial charge >= 0.3 is 0 Å². The molecule has 1 saturated heterocycles. The zero-order valence-corrected chi connectivity index (χ0v) is 12.1. The fourth-order valence-electron chi connectivity index (χ4n) is 2.40. The Morgan fingerprint density at radius 1 is 1.25 bits per heavy atom. The van der Waals surface area contributed by atoms with Crippen LogP contribution in [0.3, 0.4) is 0 Å². The molecule has 2 heteroatoms. The van der Waals surface area contributed by atoms with E-state index in [0.717, 1.165) is 13.1 Å². The molecule has 0 bridgehead atoms.